The van der Waals surface area contributed by atoms with Gasteiger partial charge >= 0.3 is 0 Å². The summed E-state index contributed by atoms with van der Waals surface area (Å²) < 4.78 is 15.4. The molecule has 0 aliphatic carbocycles. The average molecular weight is 230 g/mol. The van der Waals surface area contributed by atoms with Crippen LogP contribution in [0.5, 0.6) is 0 Å². The van der Waals surface area contributed by atoms with Crippen LogP contribution in [0.15, 0.2) is 12.7 Å². The van der Waals surface area contributed by atoms with Crippen LogP contribution in [-0.4, -0.2) is 32.1 Å². The van der Waals surface area contributed by atoms with Crippen molar-refractivity contribution in [3.8, 4) is 0 Å². The van der Waals surface area contributed by atoms with Crippen molar-refractivity contribution in [1.29, 1.82) is 0 Å². The summed E-state index contributed by atoms with van der Waals surface area (Å²) in [7, 11) is 0. The molecular formula is C12H22O4. The molecule has 1 rings (SSSR count). The molecule has 0 saturated carbocycles. The molecule has 1 saturated heterocycles. The molecule has 0 aromatic heterocycles. The molecule has 94 valence electrons. The summed E-state index contributed by atoms with van der Waals surface area (Å²) in [6.07, 6.45) is 4.74. The summed E-state index contributed by atoms with van der Waals surface area (Å²) in [6, 6.07) is 0. The van der Waals surface area contributed by atoms with Gasteiger partial charge in [-0.1, -0.05) is 19.4 Å². The maximum Gasteiger partial charge on any atom is 0.293 e. The minimum Gasteiger partial charge on any atom is -0.465 e. The smallest absolute Gasteiger partial charge is 0.293 e. The first-order valence-electron chi connectivity index (χ1n) is 5.67. The fraction of sp³-hybridized carbons (Fsp3) is 0.750. The molecule has 0 spiro atoms. The van der Waals surface area contributed by atoms with Crippen LogP contribution >= 0.6 is 0 Å². The van der Waals surface area contributed by atoms with Gasteiger partial charge in [0.25, 0.3) is 6.47 Å². The monoisotopic (exact) mass is 230 g/mol. The number of allylic oxidation sites excluding steroid dienone is 1. The predicted molar refractivity (Wildman–Crippen MR) is 62.0 cm³/mol. The van der Waals surface area contributed by atoms with E-state index in [1.807, 2.05) is 6.92 Å². The van der Waals surface area contributed by atoms with Gasteiger partial charge in [-0.3, -0.25) is 4.79 Å². The Morgan fingerprint density at radius 2 is 2.25 bits per heavy atom. The second-order valence-corrected chi connectivity index (χ2v) is 3.50. The largest absolute Gasteiger partial charge is 0.465 e. The second kappa shape index (κ2) is 10.6. The number of rotatable bonds is 6. The molecule has 1 aliphatic rings. The van der Waals surface area contributed by atoms with E-state index in [-0.39, 0.29) is 12.4 Å². The average Bonchev–Trinajstić information content (AvgIpc) is 2.72. The molecule has 1 fully saturated rings. The highest BCUT2D eigenvalue weighted by Crippen LogP contribution is 2.16. The summed E-state index contributed by atoms with van der Waals surface area (Å²) in [4.78, 5) is 9.90. The molecule has 1 heterocycles. The van der Waals surface area contributed by atoms with E-state index in [0.717, 1.165) is 19.3 Å². The lowest BCUT2D eigenvalue weighted by Gasteiger charge is -2.09. The van der Waals surface area contributed by atoms with E-state index in [1.54, 1.807) is 6.08 Å². The third-order valence-corrected chi connectivity index (χ3v) is 1.96. The quantitative estimate of drug-likeness (QED) is 0.518. The van der Waals surface area contributed by atoms with Gasteiger partial charge in [0.05, 0.1) is 6.61 Å². The molecule has 0 bridgehead atoms. The summed E-state index contributed by atoms with van der Waals surface area (Å²) >= 11 is 0. The molecule has 0 aromatic carbocycles. The van der Waals surface area contributed by atoms with Gasteiger partial charge in [0.2, 0.25) is 0 Å². The summed E-state index contributed by atoms with van der Waals surface area (Å²) in [5.74, 6) is 0. The Morgan fingerprint density at radius 3 is 2.81 bits per heavy atom. The zero-order valence-electron chi connectivity index (χ0n) is 10.2. The highest BCUT2D eigenvalue weighted by Gasteiger charge is 2.25. The highest BCUT2D eigenvalue weighted by atomic mass is 16.7. The van der Waals surface area contributed by atoms with E-state index in [0.29, 0.717) is 19.7 Å². The molecule has 1 aliphatic heterocycles. The second-order valence-electron chi connectivity index (χ2n) is 3.50. The Hall–Kier alpha value is -0.870. The van der Waals surface area contributed by atoms with Gasteiger partial charge in [-0.05, 0) is 19.8 Å². The van der Waals surface area contributed by atoms with E-state index < -0.39 is 0 Å². The molecule has 0 aromatic rings. The van der Waals surface area contributed by atoms with Crippen molar-refractivity contribution in [1.82, 2.24) is 0 Å². The van der Waals surface area contributed by atoms with Crippen molar-refractivity contribution in [3.63, 3.8) is 0 Å². The topological polar surface area (TPSA) is 44.8 Å². The van der Waals surface area contributed by atoms with E-state index in [1.165, 1.54) is 0 Å². The molecule has 16 heavy (non-hydrogen) atoms. The van der Waals surface area contributed by atoms with Crippen LogP contribution < -0.4 is 0 Å². The number of carbonyl (C=O) groups is 1. The Bertz CT molecular complexity index is 182. The number of ether oxygens (including phenoxy) is 3. The van der Waals surface area contributed by atoms with Crippen LogP contribution in [0.4, 0.5) is 0 Å². The summed E-state index contributed by atoms with van der Waals surface area (Å²) in [5, 5.41) is 0. The number of unbranched alkanes of at least 4 members (excludes halogenated alkanes) is 1. The van der Waals surface area contributed by atoms with Gasteiger partial charge in [0, 0.05) is 0 Å². The Balaban J connectivity index is 0.000000673. The minimum absolute atomic E-state index is 0.0768. The molecule has 4 nitrogen and oxygen atoms in total. The molecular weight excluding hydrogens is 208 g/mol. The van der Waals surface area contributed by atoms with Gasteiger partial charge in [0.15, 0.2) is 6.29 Å². The number of hydrogen-bond acceptors (Lipinski definition) is 4. The third-order valence-electron chi connectivity index (χ3n) is 1.96. The van der Waals surface area contributed by atoms with Crippen molar-refractivity contribution >= 4 is 6.47 Å². The molecule has 0 amide bonds. The lowest BCUT2D eigenvalue weighted by molar-refractivity contribution is -0.133. The fourth-order valence-corrected chi connectivity index (χ4v) is 1.26. The van der Waals surface area contributed by atoms with E-state index in [4.69, 9.17) is 9.47 Å². The van der Waals surface area contributed by atoms with Gasteiger partial charge in [0.1, 0.15) is 12.7 Å². The lowest BCUT2D eigenvalue weighted by Crippen LogP contribution is -2.18. The molecule has 2 atom stereocenters. The van der Waals surface area contributed by atoms with E-state index in [2.05, 4.69) is 18.2 Å². The number of hydrogen-bond donors (Lipinski definition) is 0. The van der Waals surface area contributed by atoms with Crippen LogP contribution in [0.1, 0.15) is 33.1 Å². The standard InChI is InChI=1S/C9H16O4.C3H6/c1-2-3-4-9-12-6-8(13-9)5-11-7-10;1-3-2/h7-9H,2-6H2,1H3;3H,1H2,2H3. The highest BCUT2D eigenvalue weighted by molar-refractivity contribution is 5.36. The molecule has 0 N–H and O–H groups in total. The molecule has 4 heteroatoms. The SMILES string of the molecule is C=CC.CCCCC1OCC(COC=O)O1. The van der Waals surface area contributed by atoms with E-state index in [9.17, 15) is 4.79 Å². The first kappa shape index (κ1) is 15.1. The number of carbonyl (C=O) groups excluding carboxylic acids is 1. The zero-order valence-corrected chi connectivity index (χ0v) is 10.2. The Labute approximate surface area is 97.6 Å². The first-order valence-corrected chi connectivity index (χ1v) is 5.67. The molecule has 0 radical (unpaired) electrons. The van der Waals surface area contributed by atoms with Crippen molar-refractivity contribution in [2.75, 3.05) is 13.2 Å². The maximum absolute atomic E-state index is 9.90. The van der Waals surface area contributed by atoms with E-state index >= 15 is 0 Å². The Kier molecular flexibility index (Phi) is 10.1. The van der Waals surface area contributed by atoms with Gasteiger partial charge < -0.3 is 14.2 Å². The van der Waals surface area contributed by atoms with Crippen molar-refractivity contribution in [3.05, 3.63) is 12.7 Å². The van der Waals surface area contributed by atoms with Crippen molar-refractivity contribution in [2.24, 2.45) is 0 Å². The summed E-state index contributed by atoms with van der Waals surface area (Å²) in [6.45, 7) is 8.64. The maximum atomic E-state index is 9.90. The van der Waals surface area contributed by atoms with Crippen LogP contribution in [0, 0.1) is 0 Å². The zero-order chi connectivity index (χ0) is 12.2. The first-order chi connectivity index (χ1) is 7.78. The normalized spacial score (nSPS) is 23.1. The molecule has 2 unspecified atom stereocenters. The minimum atomic E-state index is -0.0970. The van der Waals surface area contributed by atoms with Crippen LogP contribution in [0.2, 0.25) is 0 Å². The van der Waals surface area contributed by atoms with Crippen LogP contribution in [-0.2, 0) is 19.0 Å². The van der Waals surface area contributed by atoms with Crippen molar-refractivity contribution in [2.45, 2.75) is 45.5 Å². The summed E-state index contributed by atoms with van der Waals surface area (Å²) in [5.41, 5.74) is 0. The van der Waals surface area contributed by atoms with Gasteiger partial charge in [-0.2, -0.15) is 0 Å². The fourth-order valence-electron chi connectivity index (χ4n) is 1.26. The van der Waals surface area contributed by atoms with Crippen LogP contribution in [0.25, 0.3) is 0 Å². The van der Waals surface area contributed by atoms with Crippen LogP contribution in [0.3, 0.4) is 0 Å². The van der Waals surface area contributed by atoms with Gasteiger partial charge in [-0.25, -0.2) is 0 Å². The Morgan fingerprint density at radius 1 is 1.56 bits per heavy atom. The van der Waals surface area contributed by atoms with Crippen molar-refractivity contribution < 1.29 is 19.0 Å². The lowest BCUT2D eigenvalue weighted by atomic mass is 10.2. The predicted octanol–water partition coefficient (Wildman–Crippen LogP) is 2.28. The van der Waals surface area contributed by atoms with Gasteiger partial charge in [-0.15, -0.1) is 6.58 Å². The third kappa shape index (κ3) is 7.43.